The quantitative estimate of drug-likeness (QED) is 0.123. The van der Waals surface area contributed by atoms with Crippen molar-refractivity contribution in [1.29, 1.82) is 0 Å². The Morgan fingerprint density at radius 1 is 0.673 bits per heavy atom. The van der Waals surface area contributed by atoms with E-state index in [2.05, 4.69) is 5.32 Å². The Bertz CT molecular complexity index is 1910. The number of esters is 3. The highest BCUT2D eigenvalue weighted by Gasteiger charge is 2.37. The fourth-order valence-electron chi connectivity index (χ4n) is 5.27. The summed E-state index contributed by atoms with van der Waals surface area (Å²) in [7, 11) is 3.04. The lowest BCUT2D eigenvalue weighted by Gasteiger charge is -2.32. The SMILES string of the molecule is CC(=O)OCC(COC(C)=O)(COC(=O)Cc1ccc(NC(=O)c2ccccc2-c2ccc(C(F)(F)F)cc2)c(C(=O)N(C)C)c1)c1ccccc1. The van der Waals surface area contributed by atoms with Crippen LogP contribution in [0.1, 0.15) is 51.3 Å². The Kier molecular flexibility index (Phi) is 12.6. The Balaban J connectivity index is 1.57. The highest BCUT2D eigenvalue weighted by atomic mass is 19.4. The van der Waals surface area contributed by atoms with Gasteiger partial charge in [0.15, 0.2) is 0 Å². The maximum Gasteiger partial charge on any atom is 0.416 e. The maximum absolute atomic E-state index is 13.6. The molecule has 0 atom stereocenters. The predicted molar refractivity (Wildman–Crippen MR) is 185 cm³/mol. The first kappa shape index (κ1) is 38.8. The average Bonchev–Trinajstić information content (AvgIpc) is 3.11. The van der Waals surface area contributed by atoms with E-state index < -0.39 is 46.9 Å². The van der Waals surface area contributed by atoms with E-state index in [1.807, 2.05) is 0 Å². The molecule has 0 aromatic heterocycles. The van der Waals surface area contributed by atoms with E-state index in [0.29, 0.717) is 22.3 Å². The largest absolute Gasteiger partial charge is 0.465 e. The zero-order valence-electron chi connectivity index (χ0n) is 28.9. The van der Waals surface area contributed by atoms with Gasteiger partial charge in [-0.25, -0.2) is 0 Å². The molecular weight excluding hydrogens is 681 g/mol. The molecule has 0 saturated heterocycles. The normalized spacial score (nSPS) is 11.3. The van der Waals surface area contributed by atoms with Gasteiger partial charge in [-0.2, -0.15) is 13.2 Å². The van der Waals surface area contributed by atoms with Gasteiger partial charge in [-0.3, -0.25) is 24.0 Å². The molecule has 0 fully saturated rings. The standard InChI is InChI=1S/C39H37F3N2O8/c1-25(45)50-22-38(23-51-26(2)46,29-10-6-5-7-11-29)24-52-35(47)21-27-14-19-34(33(20-27)37(49)44(3)4)43-36(48)32-13-9-8-12-31(32)28-15-17-30(18-16-28)39(40,41)42/h5-20H,21-24H2,1-4H3,(H,43,48). The minimum atomic E-state index is -4.52. The number of alkyl halides is 3. The van der Waals surface area contributed by atoms with E-state index >= 15 is 0 Å². The number of rotatable bonds is 13. The van der Waals surface area contributed by atoms with Gasteiger partial charge in [0.05, 0.1) is 28.7 Å². The van der Waals surface area contributed by atoms with Gasteiger partial charge in [0.25, 0.3) is 11.8 Å². The highest BCUT2D eigenvalue weighted by molar-refractivity contribution is 6.11. The van der Waals surface area contributed by atoms with Gasteiger partial charge in [0.1, 0.15) is 19.8 Å². The number of nitrogens with zero attached hydrogens (tertiary/aromatic N) is 1. The molecule has 2 amide bonds. The lowest BCUT2D eigenvalue weighted by atomic mass is 9.82. The lowest BCUT2D eigenvalue weighted by molar-refractivity contribution is -0.153. The predicted octanol–water partition coefficient (Wildman–Crippen LogP) is 6.48. The molecule has 0 radical (unpaired) electrons. The Labute approximate surface area is 298 Å². The summed E-state index contributed by atoms with van der Waals surface area (Å²) in [6, 6.07) is 24.0. The lowest BCUT2D eigenvalue weighted by Crippen LogP contribution is -2.43. The zero-order chi connectivity index (χ0) is 38.1. The highest BCUT2D eigenvalue weighted by Crippen LogP contribution is 2.33. The molecule has 0 bridgehead atoms. The van der Waals surface area contributed by atoms with E-state index in [4.69, 9.17) is 14.2 Å². The second-order valence-corrected chi connectivity index (χ2v) is 12.2. The van der Waals surface area contributed by atoms with Crippen LogP contribution in [0.25, 0.3) is 11.1 Å². The van der Waals surface area contributed by atoms with Crippen LogP contribution in [0, 0.1) is 0 Å². The average molecular weight is 719 g/mol. The van der Waals surface area contributed by atoms with Crippen molar-refractivity contribution in [3.8, 4) is 11.1 Å². The molecule has 0 unspecified atom stereocenters. The van der Waals surface area contributed by atoms with Gasteiger partial charge in [0.2, 0.25) is 0 Å². The van der Waals surface area contributed by atoms with Crippen LogP contribution in [0.5, 0.6) is 0 Å². The van der Waals surface area contributed by atoms with Gasteiger partial charge < -0.3 is 24.4 Å². The van der Waals surface area contributed by atoms with E-state index in [9.17, 15) is 37.1 Å². The molecule has 0 aliphatic heterocycles. The third kappa shape index (κ3) is 10.1. The van der Waals surface area contributed by atoms with Crippen LogP contribution < -0.4 is 5.32 Å². The van der Waals surface area contributed by atoms with Gasteiger partial charge >= 0.3 is 24.1 Å². The first-order chi connectivity index (χ1) is 24.6. The molecule has 1 N–H and O–H groups in total. The zero-order valence-corrected chi connectivity index (χ0v) is 28.9. The fourth-order valence-corrected chi connectivity index (χ4v) is 5.27. The molecule has 10 nitrogen and oxygen atoms in total. The third-order valence-corrected chi connectivity index (χ3v) is 8.01. The van der Waals surface area contributed by atoms with Crippen molar-refractivity contribution in [3.63, 3.8) is 0 Å². The third-order valence-electron chi connectivity index (χ3n) is 8.01. The summed E-state index contributed by atoms with van der Waals surface area (Å²) in [5.41, 5.74) is 0.0546. The summed E-state index contributed by atoms with van der Waals surface area (Å²) in [4.78, 5) is 64.8. The van der Waals surface area contributed by atoms with Crippen LogP contribution in [0.15, 0.2) is 97.1 Å². The van der Waals surface area contributed by atoms with Crippen LogP contribution in [-0.4, -0.2) is 68.5 Å². The first-order valence-corrected chi connectivity index (χ1v) is 16.0. The topological polar surface area (TPSA) is 128 Å². The minimum Gasteiger partial charge on any atom is -0.465 e. The maximum atomic E-state index is 13.6. The van der Waals surface area contributed by atoms with Crippen LogP contribution in [0.4, 0.5) is 18.9 Å². The van der Waals surface area contributed by atoms with Crippen LogP contribution in [0.2, 0.25) is 0 Å². The van der Waals surface area contributed by atoms with Gasteiger partial charge in [-0.1, -0.05) is 66.7 Å². The van der Waals surface area contributed by atoms with Crippen molar-refractivity contribution < 1.29 is 51.4 Å². The number of ether oxygens (including phenoxy) is 3. The fraction of sp³-hybridized carbons (Fsp3) is 0.256. The second kappa shape index (κ2) is 16.8. The Morgan fingerprint density at radius 3 is 1.83 bits per heavy atom. The van der Waals surface area contributed by atoms with E-state index in [-0.39, 0.29) is 43.1 Å². The van der Waals surface area contributed by atoms with Crippen molar-refractivity contribution in [3.05, 3.63) is 125 Å². The molecule has 4 rings (SSSR count). The molecule has 4 aromatic carbocycles. The summed E-state index contributed by atoms with van der Waals surface area (Å²) < 4.78 is 55.7. The molecule has 0 aliphatic carbocycles. The van der Waals surface area contributed by atoms with Crippen LogP contribution in [0.3, 0.4) is 0 Å². The van der Waals surface area contributed by atoms with Gasteiger partial charge in [-0.15, -0.1) is 0 Å². The van der Waals surface area contributed by atoms with E-state index in [1.54, 1.807) is 48.5 Å². The van der Waals surface area contributed by atoms with Crippen LogP contribution in [-0.2, 0) is 46.6 Å². The van der Waals surface area contributed by atoms with E-state index in [1.165, 1.54) is 69.2 Å². The second-order valence-electron chi connectivity index (χ2n) is 12.2. The number of anilines is 1. The number of amides is 2. The number of halogens is 3. The molecule has 272 valence electrons. The van der Waals surface area contributed by atoms with Crippen molar-refractivity contribution in [2.24, 2.45) is 0 Å². The van der Waals surface area contributed by atoms with Gasteiger partial charge in [-0.05, 0) is 52.6 Å². The summed E-state index contributed by atoms with van der Waals surface area (Å²) >= 11 is 0. The molecule has 0 aliphatic rings. The van der Waals surface area contributed by atoms with Crippen molar-refractivity contribution in [2.75, 3.05) is 39.2 Å². The number of carbonyl (C=O) groups is 5. The Hall–Kier alpha value is -5.98. The summed E-state index contributed by atoms with van der Waals surface area (Å²) in [5.74, 6) is -2.96. The van der Waals surface area contributed by atoms with Crippen LogP contribution >= 0.6 is 0 Å². The van der Waals surface area contributed by atoms with Crippen molar-refractivity contribution >= 4 is 35.4 Å². The number of hydrogen-bond acceptors (Lipinski definition) is 8. The smallest absolute Gasteiger partial charge is 0.416 e. The summed E-state index contributed by atoms with van der Waals surface area (Å²) in [6.45, 7) is 1.65. The molecular formula is C39H37F3N2O8. The number of nitrogens with one attached hydrogen (secondary N) is 1. The number of hydrogen-bond donors (Lipinski definition) is 1. The molecule has 0 heterocycles. The van der Waals surface area contributed by atoms with E-state index in [0.717, 1.165) is 12.1 Å². The van der Waals surface area contributed by atoms with Crippen molar-refractivity contribution in [2.45, 2.75) is 31.9 Å². The number of carbonyl (C=O) groups excluding carboxylic acids is 5. The molecule has 0 spiro atoms. The molecule has 4 aromatic rings. The number of benzene rings is 4. The van der Waals surface area contributed by atoms with Gasteiger partial charge in [0, 0.05) is 33.5 Å². The Morgan fingerprint density at radius 2 is 1.25 bits per heavy atom. The first-order valence-electron chi connectivity index (χ1n) is 16.0. The molecule has 0 saturated carbocycles. The summed E-state index contributed by atoms with van der Waals surface area (Å²) in [6.07, 6.45) is -4.80. The molecule has 13 heteroatoms. The van der Waals surface area contributed by atoms with Crippen molar-refractivity contribution in [1.82, 2.24) is 4.90 Å². The monoisotopic (exact) mass is 718 g/mol. The summed E-state index contributed by atoms with van der Waals surface area (Å²) in [5, 5.41) is 2.73. The molecule has 52 heavy (non-hydrogen) atoms. The minimum absolute atomic E-state index is 0.0685.